The lowest BCUT2D eigenvalue weighted by Gasteiger charge is -2.08. The summed E-state index contributed by atoms with van der Waals surface area (Å²) in [6.45, 7) is 4.48. The second-order valence-electron chi connectivity index (χ2n) is 6.26. The van der Waals surface area contributed by atoms with Gasteiger partial charge in [0.15, 0.2) is 0 Å². The van der Waals surface area contributed by atoms with Crippen LogP contribution in [0.15, 0.2) is 53.9 Å². The zero-order chi connectivity index (χ0) is 19.0. The van der Waals surface area contributed by atoms with E-state index in [1.165, 1.54) is 0 Å². The molecule has 0 spiro atoms. The lowest BCUT2D eigenvalue weighted by Crippen LogP contribution is -2.05. The number of fused-ring (bicyclic) bond motifs is 1. The van der Waals surface area contributed by atoms with Gasteiger partial charge in [0.2, 0.25) is 0 Å². The maximum Gasteiger partial charge on any atom is 0.118 e. The van der Waals surface area contributed by atoms with E-state index in [4.69, 9.17) is 23.2 Å². The van der Waals surface area contributed by atoms with Crippen molar-refractivity contribution < 1.29 is 0 Å². The lowest BCUT2D eigenvalue weighted by molar-refractivity contribution is 0.659. The first-order chi connectivity index (χ1) is 13.0. The smallest absolute Gasteiger partial charge is 0.118 e. The number of aromatic nitrogens is 4. The summed E-state index contributed by atoms with van der Waals surface area (Å²) in [7, 11) is 0. The molecule has 0 fully saturated rings. The largest absolute Gasteiger partial charge is 0.264 e. The molecule has 0 bridgehead atoms. The standard InChI is InChI=1S/C20H17Cl2N5/c1-13-15(10-24-27-12-23-19-8-3-4-9-20(19)27)14(2)26(25-13)11-16-17(21)6-5-7-18(16)22/h3-10,12H,11H2,1-2H3/b24-10-. The fourth-order valence-electron chi connectivity index (χ4n) is 3.04. The van der Waals surface area contributed by atoms with Gasteiger partial charge in [-0.2, -0.15) is 10.2 Å². The molecular weight excluding hydrogens is 381 g/mol. The molecule has 5 nitrogen and oxygen atoms in total. The van der Waals surface area contributed by atoms with Gasteiger partial charge in [-0.25, -0.2) is 9.66 Å². The molecule has 0 saturated carbocycles. The monoisotopic (exact) mass is 397 g/mol. The first-order valence-electron chi connectivity index (χ1n) is 8.48. The number of hydrogen-bond acceptors (Lipinski definition) is 3. The van der Waals surface area contributed by atoms with Crippen LogP contribution in [0.25, 0.3) is 11.0 Å². The highest BCUT2D eigenvalue weighted by atomic mass is 35.5. The zero-order valence-corrected chi connectivity index (χ0v) is 16.4. The maximum atomic E-state index is 6.30. The molecule has 4 aromatic rings. The molecule has 7 heteroatoms. The minimum atomic E-state index is 0.507. The van der Waals surface area contributed by atoms with Gasteiger partial charge in [-0.05, 0) is 38.1 Å². The number of para-hydroxylation sites is 2. The van der Waals surface area contributed by atoms with E-state index in [0.717, 1.165) is 33.5 Å². The molecule has 0 aliphatic heterocycles. The Kier molecular flexibility index (Phi) is 4.72. The summed E-state index contributed by atoms with van der Waals surface area (Å²) >= 11 is 12.6. The van der Waals surface area contributed by atoms with Crippen molar-refractivity contribution in [3.63, 3.8) is 0 Å². The van der Waals surface area contributed by atoms with E-state index in [-0.39, 0.29) is 0 Å². The summed E-state index contributed by atoms with van der Waals surface area (Å²) < 4.78 is 3.66. The highest BCUT2D eigenvalue weighted by Crippen LogP contribution is 2.26. The molecular formula is C20H17Cl2N5. The van der Waals surface area contributed by atoms with Crippen LogP contribution in [0.2, 0.25) is 10.0 Å². The molecule has 0 unspecified atom stereocenters. The summed E-state index contributed by atoms with van der Waals surface area (Å²) in [4.78, 5) is 4.36. The zero-order valence-electron chi connectivity index (χ0n) is 14.9. The van der Waals surface area contributed by atoms with Crippen LogP contribution in [0.1, 0.15) is 22.5 Å². The highest BCUT2D eigenvalue weighted by Gasteiger charge is 2.13. The van der Waals surface area contributed by atoms with Crippen molar-refractivity contribution in [3.05, 3.63) is 81.4 Å². The van der Waals surface area contributed by atoms with Gasteiger partial charge in [0.25, 0.3) is 0 Å². The predicted octanol–water partition coefficient (Wildman–Crippen LogP) is 5.09. The molecule has 0 aliphatic rings. The van der Waals surface area contributed by atoms with E-state index in [2.05, 4.69) is 15.2 Å². The van der Waals surface area contributed by atoms with Gasteiger partial charge in [-0.15, -0.1) is 0 Å². The highest BCUT2D eigenvalue weighted by molar-refractivity contribution is 6.35. The van der Waals surface area contributed by atoms with Gasteiger partial charge < -0.3 is 0 Å². The average Bonchev–Trinajstić information content (AvgIpc) is 3.18. The molecule has 2 aromatic carbocycles. The van der Waals surface area contributed by atoms with Crippen molar-refractivity contribution in [3.8, 4) is 0 Å². The topological polar surface area (TPSA) is 48.0 Å². The van der Waals surface area contributed by atoms with Crippen molar-refractivity contribution in [1.82, 2.24) is 19.4 Å². The summed E-state index contributed by atoms with van der Waals surface area (Å²) in [5, 5.41) is 10.5. The van der Waals surface area contributed by atoms with E-state index in [1.54, 1.807) is 11.0 Å². The van der Waals surface area contributed by atoms with E-state index < -0.39 is 0 Å². The minimum Gasteiger partial charge on any atom is -0.264 e. The number of benzene rings is 2. The van der Waals surface area contributed by atoms with Crippen LogP contribution in [-0.4, -0.2) is 25.7 Å². The second kappa shape index (κ2) is 7.18. The van der Waals surface area contributed by atoms with Crippen LogP contribution >= 0.6 is 23.2 Å². The summed E-state index contributed by atoms with van der Waals surface area (Å²) in [6.07, 6.45) is 3.52. The van der Waals surface area contributed by atoms with Gasteiger partial charge in [-0.3, -0.25) is 4.68 Å². The number of imidazole rings is 1. The summed E-state index contributed by atoms with van der Waals surface area (Å²) in [5.41, 5.74) is 5.58. The first-order valence-corrected chi connectivity index (χ1v) is 9.23. The van der Waals surface area contributed by atoms with Crippen molar-refractivity contribution in [2.45, 2.75) is 20.4 Å². The van der Waals surface area contributed by atoms with Crippen LogP contribution in [0.4, 0.5) is 0 Å². The Balaban J connectivity index is 1.67. The normalized spacial score (nSPS) is 11.7. The molecule has 0 amide bonds. The summed E-state index contributed by atoms with van der Waals surface area (Å²) in [6, 6.07) is 13.4. The Labute approximate surface area is 166 Å². The van der Waals surface area contributed by atoms with Crippen LogP contribution in [0.5, 0.6) is 0 Å². The molecule has 0 aliphatic carbocycles. The number of aryl methyl sites for hydroxylation is 1. The van der Waals surface area contributed by atoms with E-state index in [0.29, 0.717) is 16.6 Å². The molecule has 4 rings (SSSR count). The molecule has 136 valence electrons. The van der Waals surface area contributed by atoms with Crippen LogP contribution in [0, 0.1) is 13.8 Å². The third-order valence-electron chi connectivity index (χ3n) is 4.55. The Morgan fingerprint density at radius 2 is 1.78 bits per heavy atom. The maximum absolute atomic E-state index is 6.30. The first kappa shape index (κ1) is 17.8. The fourth-order valence-corrected chi connectivity index (χ4v) is 3.56. The quantitative estimate of drug-likeness (QED) is 0.450. The van der Waals surface area contributed by atoms with Crippen LogP contribution in [0.3, 0.4) is 0 Å². The molecule has 2 aromatic heterocycles. The number of halogens is 2. The fraction of sp³-hybridized carbons (Fsp3) is 0.150. The number of hydrogen-bond donors (Lipinski definition) is 0. The van der Waals surface area contributed by atoms with Gasteiger partial charge in [0.1, 0.15) is 6.33 Å². The van der Waals surface area contributed by atoms with Gasteiger partial charge in [-0.1, -0.05) is 41.4 Å². The SMILES string of the molecule is Cc1nn(Cc2c(Cl)cccc2Cl)c(C)c1/C=N\n1cnc2ccccc21. The number of rotatable bonds is 4. The molecule has 2 heterocycles. The van der Waals surface area contributed by atoms with E-state index in [9.17, 15) is 0 Å². The number of nitrogens with zero attached hydrogens (tertiary/aromatic N) is 5. The third kappa shape index (κ3) is 3.36. The molecule has 27 heavy (non-hydrogen) atoms. The molecule has 0 radical (unpaired) electrons. The van der Waals surface area contributed by atoms with E-state index in [1.807, 2.05) is 67.2 Å². The Bertz CT molecular complexity index is 1140. The average molecular weight is 398 g/mol. The van der Waals surface area contributed by atoms with Crippen LogP contribution in [-0.2, 0) is 6.54 Å². The minimum absolute atomic E-state index is 0.507. The summed E-state index contributed by atoms with van der Waals surface area (Å²) in [5.74, 6) is 0. The molecule has 0 saturated heterocycles. The van der Waals surface area contributed by atoms with Gasteiger partial charge in [0, 0.05) is 26.9 Å². The Morgan fingerprint density at radius 1 is 1.04 bits per heavy atom. The lowest BCUT2D eigenvalue weighted by atomic mass is 10.2. The van der Waals surface area contributed by atoms with Crippen molar-refractivity contribution in [2.75, 3.05) is 0 Å². The Hall–Kier alpha value is -2.63. The van der Waals surface area contributed by atoms with Crippen molar-refractivity contribution in [1.29, 1.82) is 0 Å². The Morgan fingerprint density at radius 3 is 2.56 bits per heavy atom. The third-order valence-corrected chi connectivity index (χ3v) is 5.26. The van der Waals surface area contributed by atoms with Crippen molar-refractivity contribution >= 4 is 40.4 Å². The van der Waals surface area contributed by atoms with Gasteiger partial charge in [0.05, 0.1) is 29.5 Å². The molecule has 0 N–H and O–H groups in total. The van der Waals surface area contributed by atoms with Crippen molar-refractivity contribution in [2.24, 2.45) is 5.10 Å². The predicted molar refractivity (Wildman–Crippen MR) is 110 cm³/mol. The van der Waals surface area contributed by atoms with E-state index >= 15 is 0 Å². The van der Waals surface area contributed by atoms with Gasteiger partial charge >= 0.3 is 0 Å². The van der Waals surface area contributed by atoms with Crippen LogP contribution < -0.4 is 0 Å². The molecule has 0 atom stereocenters. The second-order valence-corrected chi connectivity index (χ2v) is 7.08.